The lowest BCUT2D eigenvalue weighted by atomic mass is 10.1. The van der Waals surface area contributed by atoms with Crippen LogP contribution in [-0.4, -0.2) is 48.5 Å². The number of nitrogens with zero attached hydrogens (tertiary/aromatic N) is 1. The fourth-order valence-electron chi connectivity index (χ4n) is 1.75. The van der Waals surface area contributed by atoms with E-state index in [1.807, 2.05) is 0 Å². The quantitative estimate of drug-likeness (QED) is 0.600. The highest BCUT2D eigenvalue weighted by molar-refractivity contribution is 4.69. The molecule has 0 heterocycles. The lowest BCUT2D eigenvalue weighted by Gasteiger charge is -2.30. The molecule has 0 saturated heterocycles. The van der Waals surface area contributed by atoms with Crippen LogP contribution in [-0.2, 0) is 4.74 Å². The van der Waals surface area contributed by atoms with E-state index >= 15 is 0 Å². The van der Waals surface area contributed by atoms with E-state index < -0.39 is 0 Å². The molecule has 0 rings (SSSR count). The summed E-state index contributed by atoms with van der Waals surface area (Å²) in [6.07, 6.45) is 1.85. The average Bonchev–Trinajstić information content (AvgIpc) is 2.22. The summed E-state index contributed by atoms with van der Waals surface area (Å²) in [6.45, 7) is 13.9. The second-order valence-corrected chi connectivity index (χ2v) is 5.52. The number of rotatable bonds is 10. The lowest BCUT2D eigenvalue weighted by molar-refractivity contribution is 0.00812. The topological polar surface area (TPSA) is 32.7 Å². The number of unbranched alkanes of at least 4 members (excludes halogenated alkanes) is 1. The zero-order valence-electron chi connectivity index (χ0n) is 12.3. The van der Waals surface area contributed by atoms with E-state index in [0.29, 0.717) is 25.1 Å². The van der Waals surface area contributed by atoms with E-state index in [-0.39, 0.29) is 6.10 Å². The first kappa shape index (κ1) is 16.9. The number of ether oxygens (including phenoxy) is 1. The standard InChI is InChI=1S/C14H31NO2/c1-6-7-8-17-11-14(16)10-15(13(4)5)9-12(2)3/h12-14,16H,6-11H2,1-5H3. The van der Waals surface area contributed by atoms with Crippen LogP contribution in [0.25, 0.3) is 0 Å². The summed E-state index contributed by atoms with van der Waals surface area (Å²) < 4.78 is 5.44. The van der Waals surface area contributed by atoms with Crippen molar-refractivity contribution >= 4 is 0 Å². The highest BCUT2D eigenvalue weighted by atomic mass is 16.5. The summed E-state index contributed by atoms with van der Waals surface area (Å²) >= 11 is 0. The molecule has 104 valence electrons. The molecule has 0 aliphatic heterocycles. The maximum Gasteiger partial charge on any atom is 0.0900 e. The van der Waals surface area contributed by atoms with Crippen molar-refractivity contribution in [1.82, 2.24) is 4.90 Å². The molecule has 1 atom stereocenters. The number of hydrogen-bond donors (Lipinski definition) is 1. The molecule has 0 fully saturated rings. The van der Waals surface area contributed by atoms with E-state index in [0.717, 1.165) is 26.0 Å². The lowest BCUT2D eigenvalue weighted by Crippen LogP contribution is -2.41. The third-order valence-corrected chi connectivity index (χ3v) is 2.73. The molecule has 0 spiro atoms. The number of aliphatic hydroxyl groups is 1. The van der Waals surface area contributed by atoms with Crippen molar-refractivity contribution in [1.29, 1.82) is 0 Å². The van der Waals surface area contributed by atoms with Gasteiger partial charge in [-0.2, -0.15) is 0 Å². The van der Waals surface area contributed by atoms with Crippen LogP contribution >= 0.6 is 0 Å². The maximum absolute atomic E-state index is 9.91. The molecule has 0 bridgehead atoms. The van der Waals surface area contributed by atoms with E-state index in [2.05, 4.69) is 39.5 Å². The van der Waals surface area contributed by atoms with Crippen LogP contribution in [0, 0.1) is 5.92 Å². The fourth-order valence-corrected chi connectivity index (χ4v) is 1.75. The zero-order chi connectivity index (χ0) is 13.3. The normalized spacial score (nSPS) is 13.9. The summed E-state index contributed by atoms with van der Waals surface area (Å²) in [5, 5.41) is 9.91. The average molecular weight is 245 g/mol. The van der Waals surface area contributed by atoms with Gasteiger partial charge in [0.15, 0.2) is 0 Å². The molecule has 3 heteroatoms. The Morgan fingerprint density at radius 3 is 2.24 bits per heavy atom. The van der Waals surface area contributed by atoms with Crippen molar-refractivity contribution in [3.05, 3.63) is 0 Å². The summed E-state index contributed by atoms with van der Waals surface area (Å²) in [7, 11) is 0. The Morgan fingerprint density at radius 1 is 1.12 bits per heavy atom. The largest absolute Gasteiger partial charge is 0.389 e. The Bertz CT molecular complexity index is 172. The van der Waals surface area contributed by atoms with Gasteiger partial charge in [-0.25, -0.2) is 0 Å². The van der Waals surface area contributed by atoms with Crippen molar-refractivity contribution in [3.8, 4) is 0 Å². The zero-order valence-corrected chi connectivity index (χ0v) is 12.3. The van der Waals surface area contributed by atoms with Crippen molar-refractivity contribution in [2.24, 2.45) is 5.92 Å². The molecule has 1 unspecified atom stereocenters. The van der Waals surface area contributed by atoms with Crippen LogP contribution < -0.4 is 0 Å². The number of aliphatic hydroxyl groups excluding tert-OH is 1. The summed E-state index contributed by atoms with van der Waals surface area (Å²) in [6, 6.07) is 0.475. The molecule has 1 N–H and O–H groups in total. The van der Waals surface area contributed by atoms with Gasteiger partial charge in [-0.3, -0.25) is 4.90 Å². The summed E-state index contributed by atoms with van der Waals surface area (Å²) in [4.78, 5) is 2.32. The van der Waals surface area contributed by atoms with Crippen LogP contribution in [0.3, 0.4) is 0 Å². The molecular weight excluding hydrogens is 214 g/mol. The fraction of sp³-hybridized carbons (Fsp3) is 1.00. The minimum absolute atomic E-state index is 0.368. The van der Waals surface area contributed by atoms with E-state index in [4.69, 9.17) is 4.74 Å². The minimum Gasteiger partial charge on any atom is -0.389 e. The molecule has 0 aromatic heterocycles. The van der Waals surface area contributed by atoms with Crippen molar-refractivity contribution in [2.75, 3.05) is 26.3 Å². The first-order chi connectivity index (χ1) is 7.97. The van der Waals surface area contributed by atoms with Gasteiger partial charge in [0.05, 0.1) is 12.7 Å². The molecule has 3 nitrogen and oxygen atoms in total. The molecule has 17 heavy (non-hydrogen) atoms. The maximum atomic E-state index is 9.91. The van der Waals surface area contributed by atoms with E-state index in [9.17, 15) is 5.11 Å². The van der Waals surface area contributed by atoms with E-state index in [1.54, 1.807) is 0 Å². The van der Waals surface area contributed by atoms with Gasteiger partial charge in [-0.05, 0) is 26.2 Å². The molecule has 0 aliphatic carbocycles. The third-order valence-electron chi connectivity index (χ3n) is 2.73. The van der Waals surface area contributed by atoms with Crippen LogP contribution in [0.4, 0.5) is 0 Å². The Hall–Kier alpha value is -0.120. The second kappa shape index (κ2) is 9.86. The first-order valence-corrected chi connectivity index (χ1v) is 6.97. The van der Waals surface area contributed by atoms with Gasteiger partial charge >= 0.3 is 0 Å². The Labute approximate surface area is 107 Å². The molecule has 0 aromatic rings. The predicted octanol–water partition coefficient (Wildman–Crippen LogP) is 2.53. The molecule has 0 aromatic carbocycles. The Balaban J connectivity index is 3.83. The number of hydrogen-bond acceptors (Lipinski definition) is 3. The third kappa shape index (κ3) is 9.57. The SMILES string of the molecule is CCCCOCC(O)CN(CC(C)C)C(C)C. The van der Waals surface area contributed by atoms with Gasteiger partial charge in [0.25, 0.3) is 0 Å². The monoisotopic (exact) mass is 245 g/mol. The van der Waals surface area contributed by atoms with Crippen LogP contribution in [0.2, 0.25) is 0 Å². The predicted molar refractivity (Wildman–Crippen MR) is 73.3 cm³/mol. The Morgan fingerprint density at radius 2 is 1.76 bits per heavy atom. The van der Waals surface area contributed by atoms with Crippen molar-refractivity contribution < 1.29 is 9.84 Å². The Kier molecular flexibility index (Phi) is 9.79. The highest BCUT2D eigenvalue weighted by Crippen LogP contribution is 2.05. The van der Waals surface area contributed by atoms with Gasteiger partial charge in [-0.1, -0.05) is 27.2 Å². The van der Waals surface area contributed by atoms with E-state index in [1.165, 1.54) is 0 Å². The van der Waals surface area contributed by atoms with Crippen molar-refractivity contribution in [3.63, 3.8) is 0 Å². The van der Waals surface area contributed by atoms with Gasteiger partial charge in [0.1, 0.15) is 0 Å². The molecular formula is C14H31NO2. The first-order valence-electron chi connectivity index (χ1n) is 6.97. The summed E-state index contributed by atoms with van der Waals surface area (Å²) in [5.74, 6) is 0.630. The molecule has 0 radical (unpaired) electrons. The van der Waals surface area contributed by atoms with Crippen LogP contribution in [0.15, 0.2) is 0 Å². The van der Waals surface area contributed by atoms with Gasteiger partial charge in [0, 0.05) is 25.7 Å². The molecule has 0 saturated carbocycles. The van der Waals surface area contributed by atoms with Crippen LogP contribution in [0.1, 0.15) is 47.5 Å². The highest BCUT2D eigenvalue weighted by Gasteiger charge is 2.15. The van der Waals surface area contributed by atoms with Gasteiger partial charge in [-0.15, -0.1) is 0 Å². The smallest absolute Gasteiger partial charge is 0.0900 e. The van der Waals surface area contributed by atoms with Gasteiger partial charge in [0.2, 0.25) is 0 Å². The molecule has 0 amide bonds. The van der Waals surface area contributed by atoms with Crippen molar-refractivity contribution in [2.45, 2.75) is 59.6 Å². The minimum atomic E-state index is -0.368. The second-order valence-electron chi connectivity index (χ2n) is 5.52. The van der Waals surface area contributed by atoms with Gasteiger partial charge < -0.3 is 9.84 Å². The summed E-state index contributed by atoms with van der Waals surface area (Å²) in [5.41, 5.74) is 0. The van der Waals surface area contributed by atoms with Crippen LogP contribution in [0.5, 0.6) is 0 Å². The molecule has 0 aliphatic rings.